The summed E-state index contributed by atoms with van der Waals surface area (Å²) >= 11 is 0. The van der Waals surface area contributed by atoms with Crippen LogP contribution in [0.1, 0.15) is 47.0 Å². The lowest BCUT2D eigenvalue weighted by atomic mass is 9.94. The van der Waals surface area contributed by atoms with Gasteiger partial charge in [0.1, 0.15) is 11.8 Å². The second-order valence-corrected chi connectivity index (χ2v) is 10.4. The number of nitrogens with zero attached hydrogens (tertiary/aromatic N) is 1. The average molecular weight is 454 g/mol. The Morgan fingerprint density at radius 1 is 1.16 bits per heavy atom. The van der Waals surface area contributed by atoms with Crippen LogP contribution in [-0.2, 0) is 19.6 Å². The van der Waals surface area contributed by atoms with E-state index in [4.69, 9.17) is 4.74 Å². The van der Waals surface area contributed by atoms with Crippen LogP contribution in [0.25, 0.3) is 0 Å². The van der Waals surface area contributed by atoms with Crippen molar-refractivity contribution in [2.24, 2.45) is 11.8 Å². The highest BCUT2D eigenvalue weighted by Gasteiger charge is 2.35. The summed E-state index contributed by atoms with van der Waals surface area (Å²) in [5.41, 5.74) is 0. The fourth-order valence-corrected chi connectivity index (χ4v) is 5.14. The molecule has 8 nitrogen and oxygen atoms in total. The number of methoxy groups -OCH3 is 1. The van der Waals surface area contributed by atoms with Gasteiger partial charge in [-0.3, -0.25) is 9.59 Å². The Bertz CT molecular complexity index is 854. The van der Waals surface area contributed by atoms with E-state index in [1.165, 1.54) is 23.5 Å². The second kappa shape index (κ2) is 10.9. The minimum atomic E-state index is -3.72. The molecule has 2 rings (SSSR count). The third kappa shape index (κ3) is 6.43. The van der Waals surface area contributed by atoms with E-state index < -0.39 is 22.0 Å². The zero-order valence-electron chi connectivity index (χ0n) is 19.1. The molecule has 9 heteroatoms. The van der Waals surface area contributed by atoms with E-state index in [2.05, 4.69) is 10.6 Å². The Hall–Kier alpha value is -2.13. The average Bonchev–Trinajstić information content (AvgIpc) is 2.76. The third-order valence-corrected chi connectivity index (χ3v) is 7.56. The summed E-state index contributed by atoms with van der Waals surface area (Å²) in [5.74, 6) is -0.453. The van der Waals surface area contributed by atoms with Crippen molar-refractivity contribution in [3.8, 4) is 5.75 Å². The molecule has 2 amide bonds. The van der Waals surface area contributed by atoms with Crippen LogP contribution >= 0.6 is 0 Å². The number of hydrogen-bond acceptors (Lipinski definition) is 5. The van der Waals surface area contributed by atoms with Gasteiger partial charge < -0.3 is 15.4 Å². The van der Waals surface area contributed by atoms with Gasteiger partial charge in [-0.2, -0.15) is 4.31 Å². The first kappa shape index (κ1) is 25.1. The lowest BCUT2D eigenvalue weighted by Gasteiger charge is -2.33. The molecule has 174 valence electrons. The summed E-state index contributed by atoms with van der Waals surface area (Å²) in [5, 5.41) is 5.74. The van der Waals surface area contributed by atoms with Crippen molar-refractivity contribution in [2.45, 2.75) is 63.9 Å². The van der Waals surface area contributed by atoms with Crippen LogP contribution in [-0.4, -0.2) is 56.8 Å². The fourth-order valence-electron chi connectivity index (χ4n) is 3.62. The van der Waals surface area contributed by atoms with Gasteiger partial charge in [0.2, 0.25) is 21.8 Å². The Labute approximate surface area is 185 Å². The van der Waals surface area contributed by atoms with Gasteiger partial charge in [-0.25, -0.2) is 8.42 Å². The van der Waals surface area contributed by atoms with Gasteiger partial charge in [-0.05, 0) is 56.9 Å². The molecule has 0 radical (unpaired) electrons. The van der Waals surface area contributed by atoms with Crippen LogP contribution in [0.15, 0.2) is 29.2 Å². The molecule has 1 fully saturated rings. The van der Waals surface area contributed by atoms with E-state index in [1.54, 1.807) is 12.1 Å². The molecular formula is C22H35N3O5S. The lowest BCUT2D eigenvalue weighted by molar-refractivity contribution is -0.133. The first-order chi connectivity index (χ1) is 14.6. The maximum atomic E-state index is 13.1. The highest BCUT2D eigenvalue weighted by molar-refractivity contribution is 7.89. The van der Waals surface area contributed by atoms with E-state index in [-0.39, 0.29) is 35.2 Å². The summed E-state index contributed by atoms with van der Waals surface area (Å²) in [6, 6.07) is 5.54. The summed E-state index contributed by atoms with van der Waals surface area (Å²) in [6.45, 7) is 8.09. The van der Waals surface area contributed by atoms with Crippen molar-refractivity contribution >= 4 is 21.8 Å². The van der Waals surface area contributed by atoms with Gasteiger partial charge >= 0.3 is 0 Å². The molecule has 0 bridgehead atoms. The maximum Gasteiger partial charge on any atom is 0.243 e. The molecule has 0 spiro atoms. The molecule has 31 heavy (non-hydrogen) atoms. The predicted molar refractivity (Wildman–Crippen MR) is 119 cm³/mol. The molecule has 1 aromatic rings. The first-order valence-corrected chi connectivity index (χ1v) is 12.3. The zero-order chi connectivity index (χ0) is 23.2. The molecule has 1 heterocycles. The third-order valence-electron chi connectivity index (χ3n) is 5.68. The predicted octanol–water partition coefficient (Wildman–Crippen LogP) is 2.15. The number of benzene rings is 1. The van der Waals surface area contributed by atoms with Gasteiger partial charge in [-0.15, -0.1) is 0 Å². The minimum Gasteiger partial charge on any atom is -0.497 e. The molecule has 1 aliphatic rings. The van der Waals surface area contributed by atoms with Gasteiger partial charge in [0.05, 0.1) is 17.9 Å². The first-order valence-electron chi connectivity index (χ1n) is 10.8. The SMILES string of the molecule is CC[C@H](C)[C@H](NC(=O)[C@H]1CCCN(S(=O)(=O)c2ccc(OC)cc2)C1)C(=O)NC(C)C. The number of sulfonamides is 1. The molecular weight excluding hydrogens is 418 g/mol. The quantitative estimate of drug-likeness (QED) is 0.596. The Kier molecular flexibility index (Phi) is 8.88. The summed E-state index contributed by atoms with van der Waals surface area (Å²) in [6.07, 6.45) is 1.90. The molecule has 1 aromatic carbocycles. The van der Waals surface area contributed by atoms with Crippen molar-refractivity contribution in [3.63, 3.8) is 0 Å². The molecule has 1 aliphatic heterocycles. The number of ether oxygens (including phenoxy) is 1. The molecule has 0 aromatic heterocycles. The van der Waals surface area contributed by atoms with Crippen molar-refractivity contribution < 1.29 is 22.7 Å². The zero-order valence-corrected chi connectivity index (χ0v) is 19.9. The van der Waals surface area contributed by atoms with Gasteiger partial charge in [0, 0.05) is 19.1 Å². The number of carbonyl (C=O) groups is 2. The van der Waals surface area contributed by atoms with Crippen molar-refractivity contribution in [1.29, 1.82) is 0 Å². The van der Waals surface area contributed by atoms with E-state index >= 15 is 0 Å². The molecule has 3 atom stereocenters. The number of carbonyl (C=O) groups excluding carboxylic acids is 2. The maximum absolute atomic E-state index is 13.1. The standard InChI is InChI=1S/C22H35N3O5S/c1-6-16(4)20(22(27)23-15(2)3)24-21(26)17-8-7-13-25(14-17)31(28,29)19-11-9-18(30-5)10-12-19/h9-12,15-17,20H,6-8,13-14H2,1-5H3,(H,23,27)(H,24,26)/t16-,17-,20-/m0/s1. The van der Waals surface area contributed by atoms with E-state index in [0.29, 0.717) is 25.1 Å². The van der Waals surface area contributed by atoms with Gasteiger partial charge in [0.15, 0.2) is 0 Å². The molecule has 0 aliphatic carbocycles. The van der Waals surface area contributed by atoms with Crippen molar-refractivity contribution in [3.05, 3.63) is 24.3 Å². The number of piperidine rings is 1. The second-order valence-electron chi connectivity index (χ2n) is 8.41. The summed E-state index contributed by atoms with van der Waals surface area (Å²) in [7, 11) is -2.20. The lowest BCUT2D eigenvalue weighted by Crippen LogP contribution is -2.54. The fraction of sp³-hybridized carbons (Fsp3) is 0.636. The van der Waals surface area contributed by atoms with Crippen molar-refractivity contribution in [1.82, 2.24) is 14.9 Å². The topological polar surface area (TPSA) is 105 Å². The molecule has 0 unspecified atom stereocenters. The van der Waals surface area contributed by atoms with E-state index in [0.717, 1.165) is 6.42 Å². The normalized spacial score (nSPS) is 19.5. The molecule has 2 N–H and O–H groups in total. The van der Waals surface area contributed by atoms with Crippen LogP contribution in [0.3, 0.4) is 0 Å². The summed E-state index contributed by atoms with van der Waals surface area (Å²) < 4.78 is 32.5. The van der Waals surface area contributed by atoms with Crippen LogP contribution in [0.4, 0.5) is 0 Å². The van der Waals surface area contributed by atoms with Gasteiger partial charge in [0.25, 0.3) is 0 Å². The molecule has 0 saturated carbocycles. The largest absolute Gasteiger partial charge is 0.497 e. The molecule has 1 saturated heterocycles. The highest BCUT2D eigenvalue weighted by Crippen LogP contribution is 2.25. The Morgan fingerprint density at radius 3 is 2.35 bits per heavy atom. The van der Waals surface area contributed by atoms with Crippen LogP contribution in [0.5, 0.6) is 5.75 Å². The highest BCUT2D eigenvalue weighted by atomic mass is 32.2. The smallest absolute Gasteiger partial charge is 0.243 e. The number of nitrogens with one attached hydrogen (secondary N) is 2. The van der Waals surface area contributed by atoms with E-state index in [9.17, 15) is 18.0 Å². The van der Waals surface area contributed by atoms with E-state index in [1.807, 2.05) is 27.7 Å². The number of rotatable bonds is 9. The van der Waals surface area contributed by atoms with Crippen molar-refractivity contribution in [2.75, 3.05) is 20.2 Å². The Balaban J connectivity index is 2.12. The summed E-state index contributed by atoms with van der Waals surface area (Å²) in [4.78, 5) is 25.7. The minimum absolute atomic E-state index is 0.0317. The van der Waals surface area contributed by atoms with Crippen LogP contribution in [0.2, 0.25) is 0 Å². The van der Waals surface area contributed by atoms with Gasteiger partial charge in [-0.1, -0.05) is 20.3 Å². The van der Waals surface area contributed by atoms with Crippen LogP contribution < -0.4 is 15.4 Å². The Morgan fingerprint density at radius 2 is 1.81 bits per heavy atom. The number of amides is 2. The van der Waals surface area contributed by atoms with Crippen LogP contribution in [0, 0.1) is 11.8 Å². The monoisotopic (exact) mass is 453 g/mol. The number of hydrogen-bond donors (Lipinski definition) is 2.